The first-order chi connectivity index (χ1) is 34.5. The Morgan fingerprint density at radius 2 is 1.65 bits per heavy atom. The summed E-state index contributed by atoms with van der Waals surface area (Å²) in [6.07, 6.45) is 4.44. The largest absolute Gasteiger partial charge is 0.391 e. The Bertz CT molecular complexity index is 3120. The smallest absolute Gasteiger partial charge is 0.246 e. The van der Waals surface area contributed by atoms with E-state index in [-0.39, 0.29) is 56.3 Å². The number of aryl methyl sites for hydroxylation is 2. The topological polar surface area (TPSA) is 236 Å². The third-order valence-corrected chi connectivity index (χ3v) is 14.8. The molecule has 4 aromatic heterocycles. The number of likely N-dealkylation sites (tertiary alicyclic amines) is 1. The number of rotatable bonds is 16. The lowest BCUT2D eigenvalue weighted by molar-refractivity contribution is -0.144. The molecule has 2 fully saturated rings. The number of carbonyl (C=O) groups is 4. The van der Waals surface area contributed by atoms with Crippen molar-refractivity contribution in [3.8, 4) is 38.8 Å². The monoisotopic (exact) mass is 987 g/mol. The van der Waals surface area contributed by atoms with Gasteiger partial charge in [-0.2, -0.15) is 0 Å². The zero-order chi connectivity index (χ0) is 50.7. The second-order valence-corrected chi connectivity index (χ2v) is 20.9. The highest BCUT2D eigenvalue weighted by molar-refractivity contribution is 7.13. The highest BCUT2D eigenvalue weighted by Crippen LogP contribution is 2.40. The summed E-state index contributed by atoms with van der Waals surface area (Å²) in [7, 11) is 0. The molecule has 17 heteroatoms. The Kier molecular flexibility index (Phi) is 14.3. The molecule has 3 aromatic carbocycles. The number of nitrogens with zero attached hydrogens (tertiary/aromatic N) is 6. The van der Waals surface area contributed by atoms with Gasteiger partial charge in [0.1, 0.15) is 23.4 Å². The van der Waals surface area contributed by atoms with E-state index in [0.717, 1.165) is 69.0 Å². The molecule has 16 nitrogen and oxygen atoms in total. The summed E-state index contributed by atoms with van der Waals surface area (Å²) in [4.78, 5) is 75.4. The molecule has 1 saturated heterocycles. The van der Waals surface area contributed by atoms with Crippen molar-refractivity contribution in [2.45, 2.75) is 103 Å². The third-order valence-electron chi connectivity index (χ3n) is 13.8. The Morgan fingerprint density at radius 1 is 0.875 bits per heavy atom. The SMILES string of the molecule is Cc1ncsc1-c1ccc(CNC(=O)[C@@H]2C[C@@H](O)CN2C(=O)[C@@H](NC(=O)CCNC(=O)CCc2cccc(-c3ccc4nc(-c5cccnc5N)n(-c5ccc(C6(N)CCC6)cc5)c4n3)c2)C(C)(C)C)cc1. The van der Waals surface area contributed by atoms with Crippen molar-refractivity contribution in [3.63, 3.8) is 0 Å². The van der Waals surface area contributed by atoms with Crippen LogP contribution < -0.4 is 27.4 Å². The molecule has 0 radical (unpaired) electrons. The number of anilines is 1. The molecular formula is C55H61N11O5S. The van der Waals surface area contributed by atoms with Crippen molar-refractivity contribution >= 4 is 51.9 Å². The van der Waals surface area contributed by atoms with E-state index in [1.54, 1.807) is 17.5 Å². The second-order valence-electron chi connectivity index (χ2n) is 20.0. The number of hydrogen-bond donors (Lipinski definition) is 6. The van der Waals surface area contributed by atoms with Crippen LogP contribution >= 0.6 is 11.3 Å². The van der Waals surface area contributed by atoms with E-state index in [4.69, 9.17) is 21.4 Å². The highest BCUT2D eigenvalue weighted by atomic mass is 32.1. The van der Waals surface area contributed by atoms with Gasteiger partial charge in [0, 0.05) is 61.9 Å². The van der Waals surface area contributed by atoms with Gasteiger partial charge in [-0.25, -0.2) is 19.9 Å². The minimum absolute atomic E-state index is 0.0342. The van der Waals surface area contributed by atoms with Crippen LogP contribution in [0.3, 0.4) is 0 Å². The van der Waals surface area contributed by atoms with E-state index >= 15 is 0 Å². The van der Waals surface area contributed by atoms with Crippen LogP contribution in [0.2, 0.25) is 0 Å². The number of benzene rings is 3. The zero-order valence-corrected chi connectivity index (χ0v) is 41.8. The van der Waals surface area contributed by atoms with E-state index in [9.17, 15) is 24.3 Å². The fourth-order valence-electron chi connectivity index (χ4n) is 9.50. The molecule has 1 aliphatic heterocycles. The van der Waals surface area contributed by atoms with Gasteiger partial charge in [0.2, 0.25) is 23.6 Å². The average Bonchev–Trinajstić information content (AvgIpc) is 4.09. The lowest BCUT2D eigenvalue weighted by Crippen LogP contribution is -2.57. The third kappa shape index (κ3) is 10.8. The Labute approximate surface area is 422 Å². The molecule has 72 heavy (non-hydrogen) atoms. The van der Waals surface area contributed by atoms with E-state index < -0.39 is 35.4 Å². The van der Waals surface area contributed by atoms with Crippen LogP contribution in [0.25, 0.3) is 49.9 Å². The first-order valence-electron chi connectivity index (χ1n) is 24.5. The van der Waals surface area contributed by atoms with Crippen molar-refractivity contribution in [3.05, 3.63) is 131 Å². The fraction of sp³-hybridized carbons (Fsp3) is 0.345. The zero-order valence-electron chi connectivity index (χ0n) is 41.0. The van der Waals surface area contributed by atoms with Crippen LogP contribution in [-0.2, 0) is 37.7 Å². The van der Waals surface area contributed by atoms with Crippen LogP contribution in [0.1, 0.15) is 81.7 Å². The number of fused-ring (bicyclic) bond motifs is 1. The standard InChI is InChI=1S/C55H61N11O5S/c1-33-47(72-32-61-33)36-14-11-35(12-15-36)30-60-52(70)44-29-40(67)31-65(44)53(71)48(54(2,3)4)64-46(69)23-27-58-45(68)22-13-34-8-5-9-37(28-34)42-20-21-43-51(62-42)66(50(63-43)41-10-6-26-59-49(41)56)39-18-16-38(17-19-39)55(57)24-7-25-55/h5-6,8-12,14-21,26,28,32,40,44,48,67H,7,13,22-25,27,29-31,57H2,1-4H3,(H2,56,59)(H,58,68)(H,60,70)(H,64,69)/t40-,44+,48-/m1/s1. The highest BCUT2D eigenvalue weighted by Gasteiger charge is 2.44. The van der Waals surface area contributed by atoms with E-state index in [0.29, 0.717) is 34.8 Å². The van der Waals surface area contributed by atoms with Crippen LogP contribution in [0.4, 0.5) is 5.82 Å². The molecule has 1 saturated carbocycles. The van der Waals surface area contributed by atoms with Crippen molar-refractivity contribution in [2.75, 3.05) is 18.8 Å². The summed E-state index contributed by atoms with van der Waals surface area (Å²) < 4.78 is 2.00. The molecular weight excluding hydrogens is 927 g/mol. The van der Waals surface area contributed by atoms with Gasteiger partial charge in [0.25, 0.3) is 0 Å². The van der Waals surface area contributed by atoms with Crippen molar-refractivity contribution in [1.82, 2.24) is 45.4 Å². The molecule has 8 N–H and O–H groups in total. The summed E-state index contributed by atoms with van der Waals surface area (Å²) in [6, 6.07) is 29.7. The first kappa shape index (κ1) is 49.6. The quantitative estimate of drug-likeness (QED) is 0.0592. The van der Waals surface area contributed by atoms with Crippen LogP contribution in [0.5, 0.6) is 0 Å². The van der Waals surface area contributed by atoms with Gasteiger partial charge < -0.3 is 37.4 Å². The van der Waals surface area contributed by atoms with Gasteiger partial charge in [0.05, 0.1) is 33.4 Å². The average molecular weight is 988 g/mol. The minimum Gasteiger partial charge on any atom is -0.391 e. The normalized spacial score (nSPS) is 16.8. The number of imidazole rings is 1. The Morgan fingerprint density at radius 3 is 2.35 bits per heavy atom. The summed E-state index contributed by atoms with van der Waals surface area (Å²) >= 11 is 1.57. The van der Waals surface area contributed by atoms with Gasteiger partial charge in [-0.15, -0.1) is 11.3 Å². The van der Waals surface area contributed by atoms with Gasteiger partial charge in [-0.05, 0) is 103 Å². The summed E-state index contributed by atoms with van der Waals surface area (Å²) in [6.45, 7) is 7.73. The molecule has 0 spiro atoms. The van der Waals surface area contributed by atoms with Gasteiger partial charge in [-0.3, -0.25) is 23.7 Å². The number of nitrogen functional groups attached to an aromatic ring is 1. The molecule has 0 unspecified atom stereocenters. The lowest BCUT2D eigenvalue weighted by Gasteiger charge is -2.38. The maximum atomic E-state index is 14.1. The molecule has 0 bridgehead atoms. The molecule has 372 valence electrons. The lowest BCUT2D eigenvalue weighted by atomic mass is 9.73. The summed E-state index contributed by atoms with van der Waals surface area (Å²) in [5.41, 5.74) is 23.2. The number of thiazole rings is 1. The maximum absolute atomic E-state index is 14.1. The summed E-state index contributed by atoms with van der Waals surface area (Å²) in [5, 5.41) is 19.3. The van der Waals surface area contributed by atoms with E-state index in [1.807, 2.05) is 123 Å². The molecule has 5 heterocycles. The van der Waals surface area contributed by atoms with E-state index in [2.05, 4.69) is 38.1 Å². The van der Waals surface area contributed by atoms with Crippen LogP contribution in [0, 0.1) is 12.3 Å². The van der Waals surface area contributed by atoms with Crippen molar-refractivity contribution in [1.29, 1.82) is 0 Å². The van der Waals surface area contributed by atoms with E-state index in [1.165, 1.54) is 4.90 Å². The predicted molar refractivity (Wildman–Crippen MR) is 279 cm³/mol. The maximum Gasteiger partial charge on any atom is 0.246 e. The van der Waals surface area contributed by atoms with Crippen LogP contribution in [-0.4, -0.2) is 89.4 Å². The number of carbonyl (C=O) groups excluding carboxylic acids is 4. The number of aliphatic hydroxyl groups excluding tert-OH is 1. The molecule has 7 aromatic rings. The van der Waals surface area contributed by atoms with Crippen LogP contribution in [0.15, 0.2) is 109 Å². The van der Waals surface area contributed by atoms with Crippen molar-refractivity contribution < 1.29 is 24.3 Å². The molecule has 3 atom stereocenters. The van der Waals surface area contributed by atoms with Gasteiger partial charge in [-0.1, -0.05) is 75.4 Å². The number of nitrogens with one attached hydrogen (secondary N) is 3. The van der Waals surface area contributed by atoms with Gasteiger partial charge in [0.15, 0.2) is 11.5 Å². The molecule has 2 aliphatic rings. The first-order valence-corrected chi connectivity index (χ1v) is 25.3. The number of pyridine rings is 2. The molecule has 9 rings (SSSR count). The Balaban J connectivity index is 0.797. The summed E-state index contributed by atoms with van der Waals surface area (Å²) in [5.74, 6) is -0.512. The number of hydrogen-bond acceptors (Lipinski definition) is 12. The second kappa shape index (κ2) is 20.8. The Hall–Kier alpha value is -7.34. The predicted octanol–water partition coefficient (Wildman–Crippen LogP) is 6.75. The number of nitrogens with two attached hydrogens (primary N) is 2. The fourth-order valence-corrected chi connectivity index (χ4v) is 10.3. The molecule has 1 aliphatic carbocycles. The number of amides is 4. The number of aliphatic hydroxyl groups is 1. The van der Waals surface area contributed by atoms with Crippen molar-refractivity contribution in [2.24, 2.45) is 11.1 Å². The van der Waals surface area contributed by atoms with Gasteiger partial charge >= 0.3 is 0 Å². The molecule has 4 amide bonds. The minimum atomic E-state index is -0.989. The number of β-amino-alcohol motifs (C(OH)–C–C–N with tert-alkyl or cyclic N) is 1. The number of aromatic nitrogens is 5.